The molecule has 2 rings (SSSR count). The Hall–Kier alpha value is -1.46. The number of para-hydroxylation sites is 1. The molecule has 1 amide bonds. The molecule has 1 aromatic carbocycles. The largest absolute Gasteiger partial charge is 0.487 e. The van der Waals surface area contributed by atoms with Gasteiger partial charge in [-0.15, -0.1) is 12.6 Å². The third-order valence-corrected chi connectivity index (χ3v) is 2.73. The topological polar surface area (TPSA) is 41.6 Å². The minimum Gasteiger partial charge on any atom is -0.487 e. The summed E-state index contributed by atoms with van der Waals surface area (Å²) >= 11 is 4.25. The maximum absolute atomic E-state index is 12.2. The summed E-state index contributed by atoms with van der Waals surface area (Å²) < 4.78 is 5.33. The van der Waals surface area contributed by atoms with Crippen LogP contribution in [-0.2, 0) is 9.53 Å². The maximum atomic E-state index is 12.2. The molecular formula is C12H14N2O2S. The van der Waals surface area contributed by atoms with Crippen LogP contribution >= 0.6 is 12.6 Å². The number of anilines is 1. The molecule has 1 aliphatic rings. The average Bonchev–Trinajstić information content (AvgIpc) is 2.36. The third kappa shape index (κ3) is 2.45. The summed E-state index contributed by atoms with van der Waals surface area (Å²) in [4.78, 5) is 12.8. The van der Waals surface area contributed by atoms with Crippen molar-refractivity contribution in [2.75, 3.05) is 18.2 Å². The molecule has 0 saturated heterocycles. The first-order chi connectivity index (χ1) is 8.24. The summed E-state index contributed by atoms with van der Waals surface area (Å²) in [7, 11) is 0. The van der Waals surface area contributed by atoms with Crippen molar-refractivity contribution in [3.05, 3.63) is 41.0 Å². The molecule has 5 heteroatoms. The number of amides is 1. The molecule has 0 aromatic heterocycles. The van der Waals surface area contributed by atoms with E-state index >= 15 is 0 Å². The third-order valence-electron chi connectivity index (χ3n) is 2.37. The summed E-state index contributed by atoms with van der Waals surface area (Å²) in [5, 5.41) is 1.48. The van der Waals surface area contributed by atoms with E-state index < -0.39 is 0 Å². The minimum absolute atomic E-state index is 0.214. The first-order valence-corrected chi connectivity index (χ1v) is 5.86. The molecule has 0 aliphatic carbocycles. The molecule has 1 N–H and O–H groups in total. The minimum atomic E-state index is -0.214. The molecule has 1 aliphatic heterocycles. The van der Waals surface area contributed by atoms with E-state index in [0.717, 1.165) is 5.69 Å². The summed E-state index contributed by atoms with van der Waals surface area (Å²) in [5.74, 6) is 0.104. The van der Waals surface area contributed by atoms with Gasteiger partial charge in [0.1, 0.15) is 0 Å². The van der Waals surface area contributed by atoms with Gasteiger partial charge in [-0.1, -0.05) is 18.2 Å². The van der Waals surface area contributed by atoms with Crippen molar-refractivity contribution in [1.82, 2.24) is 5.43 Å². The van der Waals surface area contributed by atoms with Gasteiger partial charge in [0.05, 0.1) is 18.8 Å². The molecular weight excluding hydrogens is 236 g/mol. The van der Waals surface area contributed by atoms with Crippen molar-refractivity contribution < 1.29 is 9.53 Å². The fourth-order valence-corrected chi connectivity index (χ4v) is 1.84. The monoisotopic (exact) mass is 250 g/mol. The second-order valence-electron chi connectivity index (χ2n) is 3.52. The number of carbonyl (C=O) groups excluding carboxylic acids is 1. The number of benzene rings is 1. The number of hydrogen-bond donors (Lipinski definition) is 2. The molecule has 1 aromatic rings. The SMILES string of the molecule is CCOC1=C(S)CNN(c2ccccc2)C1=O. The van der Waals surface area contributed by atoms with Crippen LogP contribution in [0.2, 0.25) is 0 Å². The first-order valence-electron chi connectivity index (χ1n) is 5.42. The lowest BCUT2D eigenvalue weighted by atomic mass is 10.2. The molecule has 90 valence electrons. The van der Waals surface area contributed by atoms with Crippen LogP contribution in [0.1, 0.15) is 6.92 Å². The normalized spacial score (nSPS) is 16.4. The second-order valence-corrected chi connectivity index (χ2v) is 4.06. The van der Waals surface area contributed by atoms with Crippen LogP contribution in [0.4, 0.5) is 5.69 Å². The van der Waals surface area contributed by atoms with E-state index in [1.54, 1.807) is 0 Å². The summed E-state index contributed by atoms with van der Waals surface area (Å²) in [6, 6.07) is 9.38. The summed E-state index contributed by atoms with van der Waals surface area (Å²) in [6.45, 7) is 2.78. The van der Waals surface area contributed by atoms with Gasteiger partial charge in [-0.25, -0.2) is 10.4 Å². The van der Waals surface area contributed by atoms with E-state index in [4.69, 9.17) is 4.74 Å². The van der Waals surface area contributed by atoms with Gasteiger partial charge >= 0.3 is 5.91 Å². The Morgan fingerprint density at radius 2 is 2.12 bits per heavy atom. The Morgan fingerprint density at radius 1 is 1.41 bits per heavy atom. The Bertz CT molecular complexity index is 445. The van der Waals surface area contributed by atoms with Gasteiger partial charge in [0.25, 0.3) is 0 Å². The molecule has 0 bridgehead atoms. The van der Waals surface area contributed by atoms with Crippen LogP contribution < -0.4 is 10.4 Å². The zero-order chi connectivity index (χ0) is 12.3. The molecule has 17 heavy (non-hydrogen) atoms. The average molecular weight is 250 g/mol. The summed E-state index contributed by atoms with van der Waals surface area (Å²) in [5.41, 5.74) is 3.78. The van der Waals surface area contributed by atoms with Crippen LogP contribution in [0.25, 0.3) is 0 Å². The van der Waals surface area contributed by atoms with Crippen LogP contribution in [0.5, 0.6) is 0 Å². The molecule has 0 fully saturated rings. The fourth-order valence-electron chi connectivity index (χ4n) is 1.61. The predicted octanol–water partition coefficient (Wildman–Crippen LogP) is 1.72. The van der Waals surface area contributed by atoms with Crippen molar-refractivity contribution in [2.45, 2.75) is 6.92 Å². The van der Waals surface area contributed by atoms with Crippen LogP contribution in [0, 0.1) is 0 Å². The Labute approximate surface area is 106 Å². The highest BCUT2D eigenvalue weighted by atomic mass is 32.1. The van der Waals surface area contributed by atoms with E-state index in [2.05, 4.69) is 18.1 Å². The summed E-state index contributed by atoms with van der Waals surface area (Å²) in [6.07, 6.45) is 0. The molecule has 0 atom stereocenters. The van der Waals surface area contributed by atoms with Gasteiger partial charge < -0.3 is 4.74 Å². The number of hydrazine groups is 1. The van der Waals surface area contributed by atoms with Crippen molar-refractivity contribution in [1.29, 1.82) is 0 Å². The quantitative estimate of drug-likeness (QED) is 0.803. The molecule has 0 saturated carbocycles. The van der Waals surface area contributed by atoms with Crippen LogP contribution in [0.3, 0.4) is 0 Å². The van der Waals surface area contributed by atoms with Crippen LogP contribution in [-0.4, -0.2) is 19.1 Å². The van der Waals surface area contributed by atoms with E-state index in [0.29, 0.717) is 23.8 Å². The van der Waals surface area contributed by atoms with E-state index in [1.165, 1.54) is 5.01 Å². The number of hydrogen-bond acceptors (Lipinski definition) is 4. The molecule has 0 radical (unpaired) electrons. The van der Waals surface area contributed by atoms with Gasteiger partial charge in [0.15, 0.2) is 5.76 Å². The highest BCUT2D eigenvalue weighted by Crippen LogP contribution is 2.21. The number of nitrogens with one attached hydrogen (secondary N) is 1. The Balaban J connectivity index is 2.27. The predicted molar refractivity (Wildman–Crippen MR) is 69.6 cm³/mol. The van der Waals surface area contributed by atoms with Crippen molar-refractivity contribution in [3.63, 3.8) is 0 Å². The molecule has 0 unspecified atom stereocenters. The smallest absolute Gasteiger partial charge is 0.308 e. The second kappa shape index (κ2) is 5.25. The number of thiol groups is 1. The van der Waals surface area contributed by atoms with Gasteiger partial charge in [0.2, 0.25) is 0 Å². The maximum Gasteiger partial charge on any atom is 0.308 e. The van der Waals surface area contributed by atoms with Gasteiger partial charge in [-0.2, -0.15) is 0 Å². The zero-order valence-electron chi connectivity index (χ0n) is 9.51. The number of carbonyl (C=O) groups is 1. The van der Waals surface area contributed by atoms with Gasteiger partial charge in [-0.05, 0) is 19.1 Å². The van der Waals surface area contributed by atoms with Gasteiger partial charge in [0, 0.05) is 4.91 Å². The Kier molecular flexibility index (Phi) is 3.71. The fraction of sp³-hybridized carbons (Fsp3) is 0.250. The lowest BCUT2D eigenvalue weighted by Gasteiger charge is -2.29. The van der Waals surface area contributed by atoms with E-state index in [1.807, 2.05) is 37.3 Å². The van der Waals surface area contributed by atoms with Crippen molar-refractivity contribution >= 4 is 24.2 Å². The van der Waals surface area contributed by atoms with Gasteiger partial charge in [-0.3, -0.25) is 4.79 Å². The Morgan fingerprint density at radius 3 is 2.76 bits per heavy atom. The van der Waals surface area contributed by atoms with Crippen LogP contribution in [0.15, 0.2) is 41.0 Å². The standard InChI is InChI=1S/C12H14N2O2S/c1-2-16-11-10(17)8-13-14(12(11)15)9-6-4-3-5-7-9/h3-7,13,17H,2,8H2,1H3. The first kappa shape index (κ1) is 12.0. The zero-order valence-corrected chi connectivity index (χ0v) is 10.4. The van der Waals surface area contributed by atoms with E-state index in [-0.39, 0.29) is 5.91 Å². The lowest BCUT2D eigenvalue weighted by Crippen LogP contribution is -2.48. The number of nitrogens with zero attached hydrogens (tertiary/aromatic N) is 1. The number of ether oxygens (including phenoxy) is 1. The van der Waals surface area contributed by atoms with Crippen molar-refractivity contribution in [2.24, 2.45) is 0 Å². The molecule has 0 spiro atoms. The van der Waals surface area contributed by atoms with E-state index in [9.17, 15) is 4.79 Å². The molecule has 4 nitrogen and oxygen atoms in total. The van der Waals surface area contributed by atoms with Crippen molar-refractivity contribution in [3.8, 4) is 0 Å². The molecule has 1 heterocycles. The number of rotatable bonds is 3. The highest BCUT2D eigenvalue weighted by molar-refractivity contribution is 7.84. The lowest BCUT2D eigenvalue weighted by molar-refractivity contribution is -0.119. The highest BCUT2D eigenvalue weighted by Gasteiger charge is 2.27.